The molecule has 1 aromatic rings. The third-order valence-corrected chi connectivity index (χ3v) is 4.57. The van der Waals surface area contributed by atoms with Crippen LogP contribution in [-0.2, 0) is 11.2 Å². The summed E-state index contributed by atoms with van der Waals surface area (Å²) in [6.07, 6.45) is 0.555. The highest BCUT2D eigenvalue weighted by Crippen LogP contribution is 2.31. The number of thioether (sulfide) groups is 1. The second-order valence-electron chi connectivity index (χ2n) is 4.60. The highest BCUT2D eigenvalue weighted by molar-refractivity contribution is 7.99. The van der Waals surface area contributed by atoms with Crippen molar-refractivity contribution in [2.24, 2.45) is 0 Å². The Balaban J connectivity index is 1.89. The van der Waals surface area contributed by atoms with Gasteiger partial charge >= 0.3 is 0 Å². The Bertz CT molecular complexity index is 455. The fraction of sp³-hybridized carbons (Fsp3) is 0.462. The van der Waals surface area contributed by atoms with Crippen LogP contribution in [0.3, 0.4) is 0 Å². The molecular weight excluding hydrogens is 232 g/mol. The average Bonchev–Trinajstić information content (AvgIpc) is 2.66. The van der Waals surface area contributed by atoms with Gasteiger partial charge in [-0.25, -0.2) is 0 Å². The Hall–Kier alpha value is -1.00. The molecule has 1 unspecified atom stereocenters. The number of amides is 1. The first-order chi connectivity index (χ1) is 8.25. The number of nitrogens with one attached hydrogen (secondary N) is 1. The number of carbonyl (C=O) groups is 1. The third kappa shape index (κ3) is 1.96. The molecule has 1 aromatic carbocycles. The predicted molar refractivity (Wildman–Crippen MR) is 71.6 cm³/mol. The van der Waals surface area contributed by atoms with Crippen LogP contribution in [0.15, 0.2) is 18.2 Å². The quantitative estimate of drug-likeness (QED) is 0.819. The van der Waals surface area contributed by atoms with Crippen molar-refractivity contribution < 1.29 is 4.79 Å². The molecule has 1 saturated heterocycles. The monoisotopic (exact) mass is 248 g/mol. The van der Waals surface area contributed by atoms with E-state index in [1.165, 1.54) is 16.9 Å². The summed E-state index contributed by atoms with van der Waals surface area (Å²) < 4.78 is 0. The van der Waals surface area contributed by atoms with Crippen LogP contribution in [0.25, 0.3) is 0 Å². The van der Waals surface area contributed by atoms with E-state index in [0.717, 1.165) is 18.0 Å². The van der Waals surface area contributed by atoms with Gasteiger partial charge in [0.2, 0.25) is 5.91 Å². The molecule has 1 fully saturated rings. The fourth-order valence-corrected chi connectivity index (χ4v) is 3.46. The molecule has 0 aromatic heterocycles. The van der Waals surface area contributed by atoms with Crippen molar-refractivity contribution in [3.05, 3.63) is 29.3 Å². The summed E-state index contributed by atoms with van der Waals surface area (Å²) in [5.41, 5.74) is 3.56. The zero-order chi connectivity index (χ0) is 11.8. The Labute approximate surface area is 106 Å². The maximum atomic E-state index is 11.6. The molecule has 90 valence electrons. The Morgan fingerprint density at radius 2 is 2.35 bits per heavy atom. The molecular formula is C13H16N2OS. The molecule has 0 bridgehead atoms. The lowest BCUT2D eigenvalue weighted by Crippen LogP contribution is -2.30. The molecule has 0 aliphatic carbocycles. The van der Waals surface area contributed by atoms with Gasteiger partial charge in [-0.15, -0.1) is 0 Å². The molecule has 3 rings (SSSR count). The third-order valence-electron chi connectivity index (χ3n) is 3.50. The van der Waals surface area contributed by atoms with E-state index in [2.05, 4.69) is 23.5 Å². The predicted octanol–water partition coefficient (Wildman–Crippen LogP) is 1.58. The Morgan fingerprint density at radius 3 is 3.12 bits per heavy atom. The molecule has 1 N–H and O–H groups in total. The minimum absolute atomic E-state index is 0.197. The van der Waals surface area contributed by atoms with E-state index in [9.17, 15) is 4.79 Å². The highest BCUT2D eigenvalue weighted by Gasteiger charge is 2.25. The van der Waals surface area contributed by atoms with Crippen LogP contribution in [0.5, 0.6) is 0 Å². The van der Waals surface area contributed by atoms with Crippen LogP contribution in [0.1, 0.15) is 17.2 Å². The van der Waals surface area contributed by atoms with Crippen molar-refractivity contribution in [1.82, 2.24) is 5.32 Å². The van der Waals surface area contributed by atoms with Gasteiger partial charge in [0, 0.05) is 36.8 Å². The minimum Gasteiger partial charge on any atom is -0.315 e. The number of likely N-dealkylation sites (N-methyl/N-ethyl adjacent to an activating group) is 1. The van der Waals surface area contributed by atoms with E-state index in [0.29, 0.717) is 12.5 Å². The van der Waals surface area contributed by atoms with Gasteiger partial charge in [-0.05, 0) is 17.2 Å². The van der Waals surface area contributed by atoms with E-state index in [-0.39, 0.29) is 5.91 Å². The number of rotatable bonds is 1. The topological polar surface area (TPSA) is 32.3 Å². The van der Waals surface area contributed by atoms with Crippen molar-refractivity contribution in [3.63, 3.8) is 0 Å². The van der Waals surface area contributed by atoms with Crippen molar-refractivity contribution in [3.8, 4) is 0 Å². The molecule has 17 heavy (non-hydrogen) atoms. The largest absolute Gasteiger partial charge is 0.315 e. The van der Waals surface area contributed by atoms with Gasteiger partial charge in [0.15, 0.2) is 0 Å². The first kappa shape index (κ1) is 11.1. The first-order valence-corrected chi connectivity index (χ1v) is 7.11. The molecule has 0 saturated carbocycles. The Kier molecular flexibility index (Phi) is 2.84. The van der Waals surface area contributed by atoms with Crippen LogP contribution >= 0.6 is 11.8 Å². The SMILES string of the molecule is CN1C(=O)Cc2cc(C3CSCCN3)ccc21. The maximum Gasteiger partial charge on any atom is 0.231 e. The van der Waals surface area contributed by atoms with Crippen LogP contribution in [0, 0.1) is 0 Å². The van der Waals surface area contributed by atoms with E-state index in [4.69, 9.17) is 0 Å². The second-order valence-corrected chi connectivity index (χ2v) is 5.75. The molecule has 2 heterocycles. The molecule has 3 nitrogen and oxygen atoms in total. The molecule has 2 aliphatic rings. The first-order valence-electron chi connectivity index (χ1n) is 5.96. The van der Waals surface area contributed by atoms with Gasteiger partial charge in [0.05, 0.1) is 6.42 Å². The number of hydrogen-bond donors (Lipinski definition) is 1. The number of anilines is 1. The normalized spacial score (nSPS) is 23.9. The van der Waals surface area contributed by atoms with Crippen LogP contribution in [0.2, 0.25) is 0 Å². The van der Waals surface area contributed by atoms with Gasteiger partial charge in [0.25, 0.3) is 0 Å². The average molecular weight is 248 g/mol. The summed E-state index contributed by atoms with van der Waals surface area (Å²) in [4.78, 5) is 13.4. The minimum atomic E-state index is 0.197. The summed E-state index contributed by atoms with van der Waals surface area (Å²) in [7, 11) is 1.85. The second kappa shape index (κ2) is 4.35. The molecule has 0 spiro atoms. The van der Waals surface area contributed by atoms with Gasteiger partial charge in [-0.3, -0.25) is 4.79 Å². The smallest absolute Gasteiger partial charge is 0.231 e. The van der Waals surface area contributed by atoms with E-state index >= 15 is 0 Å². The van der Waals surface area contributed by atoms with E-state index < -0.39 is 0 Å². The van der Waals surface area contributed by atoms with Gasteiger partial charge in [-0.2, -0.15) is 11.8 Å². The summed E-state index contributed by atoms with van der Waals surface area (Å²) >= 11 is 1.99. The summed E-state index contributed by atoms with van der Waals surface area (Å²) in [5, 5.41) is 3.53. The van der Waals surface area contributed by atoms with Gasteiger partial charge in [0.1, 0.15) is 0 Å². The summed E-state index contributed by atoms with van der Waals surface area (Å²) in [5.74, 6) is 2.52. The van der Waals surface area contributed by atoms with Crippen molar-refractivity contribution >= 4 is 23.4 Å². The van der Waals surface area contributed by atoms with Crippen molar-refractivity contribution in [1.29, 1.82) is 0 Å². The zero-order valence-corrected chi connectivity index (χ0v) is 10.7. The Morgan fingerprint density at radius 1 is 1.47 bits per heavy atom. The lowest BCUT2D eigenvalue weighted by molar-refractivity contribution is -0.117. The number of benzene rings is 1. The van der Waals surface area contributed by atoms with Crippen LogP contribution in [-0.4, -0.2) is 31.0 Å². The molecule has 4 heteroatoms. The standard InChI is InChI=1S/C13H16N2OS/c1-15-12-3-2-9(6-10(12)7-13(15)16)11-8-17-5-4-14-11/h2-3,6,11,14H,4-5,7-8H2,1H3. The van der Waals surface area contributed by atoms with Gasteiger partial charge < -0.3 is 10.2 Å². The summed E-state index contributed by atoms with van der Waals surface area (Å²) in [6, 6.07) is 6.87. The summed E-state index contributed by atoms with van der Waals surface area (Å²) in [6.45, 7) is 1.07. The van der Waals surface area contributed by atoms with Crippen LogP contribution < -0.4 is 10.2 Å². The highest BCUT2D eigenvalue weighted by atomic mass is 32.2. The van der Waals surface area contributed by atoms with Crippen molar-refractivity contribution in [2.45, 2.75) is 12.5 Å². The molecule has 1 atom stereocenters. The number of carbonyl (C=O) groups excluding carboxylic acids is 1. The number of hydrogen-bond acceptors (Lipinski definition) is 3. The van der Waals surface area contributed by atoms with Gasteiger partial charge in [-0.1, -0.05) is 12.1 Å². The van der Waals surface area contributed by atoms with Crippen LogP contribution in [0.4, 0.5) is 5.69 Å². The van der Waals surface area contributed by atoms with E-state index in [1.54, 1.807) is 4.90 Å². The molecule has 2 aliphatic heterocycles. The maximum absolute atomic E-state index is 11.6. The zero-order valence-electron chi connectivity index (χ0n) is 9.90. The number of nitrogens with zero attached hydrogens (tertiary/aromatic N) is 1. The molecule has 1 amide bonds. The number of fused-ring (bicyclic) bond motifs is 1. The fourth-order valence-electron chi connectivity index (χ4n) is 2.49. The lowest BCUT2D eigenvalue weighted by Gasteiger charge is -2.24. The van der Waals surface area contributed by atoms with E-state index in [1.807, 2.05) is 18.8 Å². The molecule has 0 radical (unpaired) electrons. The lowest BCUT2D eigenvalue weighted by atomic mass is 10.0. The van der Waals surface area contributed by atoms with Crippen molar-refractivity contribution in [2.75, 3.05) is 30.0 Å².